The molecule has 1 aliphatic rings. The fourth-order valence-corrected chi connectivity index (χ4v) is 2.86. The summed E-state index contributed by atoms with van der Waals surface area (Å²) in [5.74, 6) is -1.40. The third kappa shape index (κ3) is 3.37. The van der Waals surface area contributed by atoms with Crippen molar-refractivity contribution in [3.8, 4) is 0 Å². The molecule has 8 heteroatoms. The van der Waals surface area contributed by atoms with Crippen molar-refractivity contribution in [1.82, 2.24) is 19.7 Å². The lowest BCUT2D eigenvalue weighted by Crippen LogP contribution is -2.32. The van der Waals surface area contributed by atoms with Gasteiger partial charge in [0.05, 0.1) is 18.7 Å². The number of β-amino-alcohol motifs (C(OH)–C–C–N with tert-alkyl or cyclic N) is 1. The summed E-state index contributed by atoms with van der Waals surface area (Å²) in [6.45, 7) is 0.445. The van der Waals surface area contributed by atoms with Crippen LogP contribution >= 0.6 is 0 Å². The lowest BCUT2D eigenvalue weighted by Gasteiger charge is -2.25. The van der Waals surface area contributed by atoms with Crippen LogP contribution in [-0.4, -0.2) is 43.3 Å². The topological polar surface area (TPSA) is 71.2 Å². The minimum Gasteiger partial charge on any atom is -0.391 e. The zero-order chi connectivity index (χ0) is 16.4. The van der Waals surface area contributed by atoms with Crippen molar-refractivity contribution in [1.29, 1.82) is 0 Å². The van der Waals surface area contributed by atoms with Gasteiger partial charge < -0.3 is 10.0 Å². The Morgan fingerprint density at radius 3 is 2.96 bits per heavy atom. The van der Waals surface area contributed by atoms with Crippen LogP contribution in [-0.2, 0) is 11.3 Å². The molecule has 2 unspecified atom stereocenters. The van der Waals surface area contributed by atoms with Crippen LogP contribution < -0.4 is 0 Å². The van der Waals surface area contributed by atoms with E-state index in [1.54, 1.807) is 0 Å². The van der Waals surface area contributed by atoms with E-state index in [0.717, 1.165) is 18.2 Å². The molecule has 1 aromatic carbocycles. The number of carbonyl (C=O) groups excluding carboxylic acids is 1. The number of aryl methyl sites for hydroxylation is 1. The fourth-order valence-electron chi connectivity index (χ4n) is 2.86. The van der Waals surface area contributed by atoms with Crippen molar-refractivity contribution in [3.05, 3.63) is 48.1 Å². The smallest absolute Gasteiger partial charge is 0.225 e. The SMILES string of the molecule is O=C(CCn1cncn1)N1CC(O)CC1c1cc(F)ccc1F. The molecule has 122 valence electrons. The molecule has 1 fully saturated rings. The molecule has 0 bridgehead atoms. The largest absolute Gasteiger partial charge is 0.391 e. The second-order valence-electron chi connectivity index (χ2n) is 5.53. The van der Waals surface area contributed by atoms with Crippen molar-refractivity contribution < 1.29 is 18.7 Å². The molecule has 2 heterocycles. The number of carbonyl (C=O) groups is 1. The van der Waals surface area contributed by atoms with E-state index >= 15 is 0 Å². The highest BCUT2D eigenvalue weighted by molar-refractivity contribution is 5.77. The number of aliphatic hydroxyl groups is 1. The van der Waals surface area contributed by atoms with Crippen LogP contribution in [0.1, 0.15) is 24.4 Å². The number of halogens is 2. The molecule has 1 N–H and O–H groups in total. The first-order chi connectivity index (χ1) is 11.0. The van der Waals surface area contributed by atoms with Gasteiger partial charge in [0.15, 0.2) is 0 Å². The van der Waals surface area contributed by atoms with Crippen LogP contribution in [0, 0.1) is 11.6 Å². The van der Waals surface area contributed by atoms with Crippen LogP contribution in [0.4, 0.5) is 8.78 Å². The number of hydrogen-bond donors (Lipinski definition) is 1. The summed E-state index contributed by atoms with van der Waals surface area (Å²) < 4.78 is 28.9. The van der Waals surface area contributed by atoms with Gasteiger partial charge >= 0.3 is 0 Å². The fraction of sp³-hybridized carbons (Fsp3) is 0.400. The van der Waals surface area contributed by atoms with Crippen molar-refractivity contribution in [3.63, 3.8) is 0 Å². The van der Waals surface area contributed by atoms with Gasteiger partial charge in [-0.2, -0.15) is 5.10 Å². The summed E-state index contributed by atoms with van der Waals surface area (Å²) in [5.41, 5.74) is 0.0932. The van der Waals surface area contributed by atoms with E-state index in [2.05, 4.69) is 10.1 Å². The molecule has 1 aliphatic heterocycles. The molecule has 0 aliphatic carbocycles. The summed E-state index contributed by atoms with van der Waals surface area (Å²) in [7, 11) is 0. The highest BCUT2D eigenvalue weighted by Crippen LogP contribution is 2.34. The van der Waals surface area contributed by atoms with Crippen LogP contribution in [0.3, 0.4) is 0 Å². The van der Waals surface area contributed by atoms with Crippen LogP contribution in [0.15, 0.2) is 30.9 Å². The molecule has 2 atom stereocenters. The Hall–Kier alpha value is -2.35. The average Bonchev–Trinajstić information content (AvgIpc) is 3.16. The van der Waals surface area contributed by atoms with E-state index in [4.69, 9.17) is 0 Å². The summed E-state index contributed by atoms with van der Waals surface area (Å²) in [4.78, 5) is 17.6. The maximum atomic E-state index is 14.0. The third-order valence-electron chi connectivity index (χ3n) is 3.94. The number of likely N-dealkylation sites (tertiary alicyclic amines) is 1. The van der Waals surface area contributed by atoms with E-state index in [1.807, 2.05) is 0 Å². The molecule has 0 saturated carbocycles. The summed E-state index contributed by atoms with van der Waals surface area (Å²) in [6, 6.07) is 2.48. The third-order valence-corrected chi connectivity index (χ3v) is 3.94. The van der Waals surface area contributed by atoms with Crippen molar-refractivity contribution in [2.75, 3.05) is 6.54 Å². The average molecular weight is 322 g/mol. The maximum absolute atomic E-state index is 14.0. The Morgan fingerprint density at radius 1 is 1.39 bits per heavy atom. The second kappa shape index (κ2) is 6.41. The molecule has 23 heavy (non-hydrogen) atoms. The Kier molecular flexibility index (Phi) is 4.33. The summed E-state index contributed by atoms with van der Waals surface area (Å²) >= 11 is 0. The minimum atomic E-state index is -0.752. The van der Waals surface area contributed by atoms with E-state index in [9.17, 15) is 18.7 Å². The number of amides is 1. The van der Waals surface area contributed by atoms with Gasteiger partial charge in [-0.1, -0.05) is 0 Å². The number of aromatic nitrogens is 3. The van der Waals surface area contributed by atoms with E-state index in [-0.39, 0.29) is 30.9 Å². The molecule has 3 rings (SSSR count). The van der Waals surface area contributed by atoms with Crippen molar-refractivity contribution >= 4 is 5.91 Å². The first kappa shape index (κ1) is 15.5. The molecule has 1 amide bonds. The van der Waals surface area contributed by atoms with Crippen molar-refractivity contribution in [2.45, 2.75) is 31.5 Å². The Balaban J connectivity index is 1.76. The second-order valence-corrected chi connectivity index (χ2v) is 5.53. The zero-order valence-electron chi connectivity index (χ0n) is 12.3. The monoisotopic (exact) mass is 322 g/mol. The van der Waals surface area contributed by atoms with Gasteiger partial charge in [-0.3, -0.25) is 9.48 Å². The molecular formula is C15H16F2N4O2. The van der Waals surface area contributed by atoms with Gasteiger partial charge in [0, 0.05) is 18.5 Å². The first-order valence-electron chi connectivity index (χ1n) is 7.29. The van der Waals surface area contributed by atoms with Gasteiger partial charge in [-0.05, 0) is 24.6 Å². The number of benzene rings is 1. The van der Waals surface area contributed by atoms with Gasteiger partial charge in [0.25, 0.3) is 0 Å². The van der Waals surface area contributed by atoms with Crippen LogP contribution in [0.2, 0.25) is 0 Å². The Labute approximate surface area is 131 Å². The lowest BCUT2D eigenvalue weighted by atomic mass is 10.0. The number of rotatable bonds is 4. The predicted octanol–water partition coefficient (Wildman–Crippen LogP) is 1.28. The first-order valence-corrected chi connectivity index (χ1v) is 7.29. The summed E-state index contributed by atoms with van der Waals surface area (Å²) in [5, 5.41) is 13.8. The molecule has 1 saturated heterocycles. The number of nitrogens with zero attached hydrogens (tertiary/aromatic N) is 4. The van der Waals surface area contributed by atoms with E-state index in [0.29, 0.717) is 6.54 Å². The normalized spacial score (nSPS) is 20.9. The van der Waals surface area contributed by atoms with Gasteiger partial charge in [0.2, 0.25) is 5.91 Å². The Bertz CT molecular complexity index is 693. The van der Waals surface area contributed by atoms with Gasteiger partial charge in [0.1, 0.15) is 24.3 Å². The molecule has 6 nitrogen and oxygen atoms in total. The quantitative estimate of drug-likeness (QED) is 0.920. The van der Waals surface area contributed by atoms with E-state index < -0.39 is 23.8 Å². The zero-order valence-corrected chi connectivity index (χ0v) is 12.3. The lowest BCUT2D eigenvalue weighted by molar-refractivity contribution is -0.132. The van der Waals surface area contributed by atoms with Gasteiger partial charge in [-0.15, -0.1) is 0 Å². The van der Waals surface area contributed by atoms with Crippen molar-refractivity contribution in [2.24, 2.45) is 0 Å². The van der Waals surface area contributed by atoms with E-state index in [1.165, 1.54) is 22.2 Å². The summed E-state index contributed by atoms with van der Waals surface area (Å²) in [6.07, 6.45) is 2.45. The van der Waals surface area contributed by atoms with Crippen LogP contribution in [0.25, 0.3) is 0 Å². The highest BCUT2D eigenvalue weighted by atomic mass is 19.1. The minimum absolute atomic E-state index is 0.0932. The standard InChI is InChI=1S/C15H16F2N4O2/c16-10-1-2-13(17)12(5-10)14-6-11(22)7-21(14)15(23)3-4-20-9-18-8-19-20/h1-2,5,8-9,11,14,22H,3-4,6-7H2. The van der Waals surface area contributed by atoms with Crippen LogP contribution in [0.5, 0.6) is 0 Å². The number of aliphatic hydroxyl groups excluding tert-OH is 1. The predicted molar refractivity (Wildman–Crippen MR) is 76.1 cm³/mol. The maximum Gasteiger partial charge on any atom is 0.225 e. The molecule has 0 spiro atoms. The molecule has 0 radical (unpaired) electrons. The molecule has 2 aromatic rings. The Morgan fingerprint density at radius 2 is 2.22 bits per heavy atom. The molecular weight excluding hydrogens is 306 g/mol. The number of hydrogen-bond acceptors (Lipinski definition) is 4. The highest BCUT2D eigenvalue weighted by Gasteiger charge is 2.36. The molecule has 1 aromatic heterocycles. The van der Waals surface area contributed by atoms with Gasteiger partial charge in [-0.25, -0.2) is 13.8 Å².